The van der Waals surface area contributed by atoms with Gasteiger partial charge in [0.25, 0.3) is 5.56 Å². The Labute approximate surface area is 144 Å². The van der Waals surface area contributed by atoms with E-state index in [1.54, 1.807) is 14.2 Å². The summed E-state index contributed by atoms with van der Waals surface area (Å²) in [5.41, 5.74) is 1.17. The van der Waals surface area contributed by atoms with Crippen LogP contribution in [0.1, 0.15) is 0 Å². The van der Waals surface area contributed by atoms with Crippen molar-refractivity contribution in [1.82, 2.24) is 15.0 Å². The van der Waals surface area contributed by atoms with E-state index in [9.17, 15) is 9.59 Å². The van der Waals surface area contributed by atoms with Gasteiger partial charge in [0.2, 0.25) is 0 Å². The number of benzene rings is 1. The Morgan fingerprint density at radius 2 is 1.80 bits per heavy atom. The number of nitrogens with zero attached hydrogens (tertiary/aromatic N) is 1. The molecule has 0 saturated heterocycles. The lowest BCUT2D eigenvalue weighted by molar-refractivity contribution is 0.355. The first-order valence-electron chi connectivity index (χ1n) is 7.39. The van der Waals surface area contributed by atoms with Gasteiger partial charge in [0.05, 0.1) is 25.4 Å². The number of thiophene rings is 1. The van der Waals surface area contributed by atoms with Crippen molar-refractivity contribution >= 4 is 31.8 Å². The maximum Gasteiger partial charge on any atom is 0.326 e. The SMILES string of the molecule is COc1ccc(-c2ccc3c(n2)sc2c(=O)[nH]c(=O)[nH]c23)cc1OC. The number of methoxy groups -OCH3 is 2. The van der Waals surface area contributed by atoms with Crippen LogP contribution in [0.5, 0.6) is 11.5 Å². The molecule has 1 aromatic carbocycles. The number of hydrogen-bond donors (Lipinski definition) is 2. The van der Waals surface area contributed by atoms with E-state index in [4.69, 9.17) is 9.47 Å². The summed E-state index contributed by atoms with van der Waals surface area (Å²) in [5.74, 6) is 1.25. The second kappa shape index (κ2) is 5.75. The van der Waals surface area contributed by atoms with E-state index in [1.165, 1.54) is 11.3 Å². The normalized spacial score (nSPS) is 11.1. The first-order chi connectivity index (χ1) is 12.1. The predicted octanol–water partition coefficient (Wildman–Crippen LogP) is 2.51. The fraction of sp³-hybridized carbons (Fsp3) is 0.118. The van der Waals surface area contributed by atoms with Crippen LogP contribution in [0.25, 0.3) is 31.7 Å². The summed E-state index contributed by atoms with van der Waals surface area (Å²) >= 11 is 1.24. The molecule has 8 heteroatoms. The van der Waals surface area contributed by atoms with Gasteiger partial charge in [-0.1, -0.05) is 0 Å². The van der Waals surface area contributed by atoms with E-state index in [2.05, 4.69) is 15.0 Å². The highest BCUT2D eigenvalue weighted by Crippen LogP contribution is 2.34. The fourth-order valence-corrected chi connectivity index (χ4v) is 3.75. The average molecular weight is 355 g/mol. The molecule has 0 aliphatic carbocycles. The summed E-state index contributed by atoms with van der Waals surface area (Å²) in [6, 6.07) is 9.23. The van der Waals surface area contributed by atoms with Crippen LogP contribution >= 0.6 is 11.3 Å². The molecule has 0 spiro atoms. The molecule has 3 heterocycles. The number of pyridine rings is 1. The number of aromatic nitrogens is 3. The molecular formula is C17H13N3O4S. The molecule has 0 fully saturated rings. The highest BCUT2D eigenvalue weighted by atomic mass is 32.1. The van der Waals surface area contributed by atoms with Crippen LogP contribution in [-0.2, 0) is 0 Å². The average Bonchev–Trinajstić information content (AvgIpc) is 2.99. The molecule has 0 saturated carbocycles. The summed E-state index contributed by atoms with van der Waals surface area (Å²) in [5, 5.41) is 0.743. The molecule has 126 valence electrons. The molecule has 7 nitrogen and oxygen atoms in total. The highest BCUT2D eigenvalue weighted by Gasteiger charge is 2.13. The number of hydrogen-bond acceptors (Lipinski definition) is 6. The largest absolute Gasteiger partial charge is 0.493 e. The zero-order chi connectivity index (χ0) is 17.6. The van der Waals surface area contributed by atoms with Crippen molar-refractivity contribution in [1.29, 1.82) is 0 Å². The highest BCUT2D eigenvalue weighted by molar-refractivity contribution is 7.25. The Bertz CT molecular complexity index is 1220. The molecule has 25 heavy (non-hydrogen) atoms. The lowest BCUT2D eigenvalue weighted by Crippen LogP contribution is -2.20. The second-order valence-electron chi connectivity index (χ2n) is 5.33. The van der Waals surface area contributed by atoms with Gasteiger partial charge in [0.15, 0.2) is 11.5 Å². The van der Waals surface area contributed by atoms with Gasteiger partial charge in [0.1, 0.15) is 9.53 Å². The van der Waals surface area contributed by atoms with Crippen LogP contribution in [0.15, 0.2) is 39.9 Å². The lowest BCUT2D eigenvalue weighted by Gasteiger charge is -2.09. The summed E-state index contributed by atoms with van der Waals surface area (Å²) in [7, 11) is 3.16. The van der Waals surface area contributed by atoms with Gasteiger partial charge in [-0.15, -0.1) is 11.3 Å². The monoisotopic (exact) mass is 355 g/mol. The first-order valence-corrected chi connectivity index (χ1v) is 8.20. The molecule has 0 bridgehead atoms. The number of ether oxygens (including phenoxy) is 2. The summed E-state index contributed by atoms with van der Waals surface area (Å²) in [6.45, 7) is 0. The third-order valence-electron chi connectivity index (χ3n) is 3.91. The summed E-state index contributed by atoms with van der Waals surface area (Å²) in [6.07, 6.45) is 0. The van der Waals surface area contributed by atoms with Crippen molar-refractivity contribution in [3.8, 4) is 22.8 Å². The topological polar surface area (TPSA) is 97.1 Å². The maximum absolute atomic E-state index is 12.0. The lowest BCUT2D eigenvalue weighted by atomic mass is 10.1. The van der Waals surface area contributed by atoms with Gasteiger partial charge in [0, 0.05) is 10.9 Å². The molecule has 0 atom stereocenters. The molecule has 4 aromatic rings. The third kappa shape index (κ3) is 2.47. The minimum Gasteiger partial charge on any atom is -0.493 e. The Hall–Kier alpha value is -3.13. The van der Waals surface area contributed by atoms with E-state index in [1.807, 2.05) is 30.3 Å². The van der Waals surface area contributed by atoms with E-state index in [-0.39, 0.29) is 0 Å². The predicted molar refractivity (Wildman–Crippen MR) is 96.9 cm³/mol. The van der Waals surface area contributed by atoms with Crippen molar-refractivity contribution in [2.45, 2.75) is 0 Å². The molecule has 0 unspecified atom stereocenters. The van der Waals surface area contributed by atoms with Crippen LogP contribution in [0.3, 0.4) is 0 Å². The quantitative estimate of drug-likeness (QED) is 0.588. The van der Waals surface area contributed by atoms with Crippen molar-refractivity contribution in [3.05, 3.63) is 51.2 Å². The molecule has 2 N–H and O–H groups in total. The van der Waals surface area contributed by atoms with Crippen molar-refractivity contribution < 1.29 is 9.47 Å². The first kappa shape index (κ1) is 15.4. The molecule has 3 aromatic heterocycles. The maximum atomic E-state index is 12.0. The van der Waals surface area contributed by atoms with Gasteiger partial charge in [-0.25, -0.2) is 9.78 Å². The Morgan fingerprint density at radius 1 is 1.00 bits per heavy atom. The Morgan fingerprint density at radius 3 is 2.56 bits per heavy atom. The zero-order valence-corrected chi connectivity index (χ0v) is 14.2. The number of H-pyrrole nitrogens is 2. The van der Waals surface area contributed by atoms with Gasteiger partial charge < -0.3 is 14.5 Å². The number of aromatic amines is 2. The number of fused-ring (bicyclic) bond motifs is 3. The number of rotatable bonds is 3. The minimum absolute atomic E-state index is 0.408. The van der Waals surface area contributed by atoms with Crippen LogP contribution in [-0.4, -0.2) is 29.2 Å². The van der Waals surface area contributed by atoms with E-state index in [0.717, 1.165) is 16.6 Å². The molecule has 0 aliphatic rings. The second-order valence-corrected chi connectivity index (χ2v) is 6.33. The van der Waals surface area contributed by atoms with Crippen LogP contribution in [0, 0.1) is 0 Å². The van der Waals surface area contributed by atoms with Crippen LogP contribution in [0.2, 0.25) is 0 Å². The summed E-state index contributed by atoms with van der Waals surface area (Å²) < 4.78 is 11.0. The van der Waals surface area contributed by atoms with Gasteiger partial charge >= 0.3 is 5.69 Å². The van der Waals surface area contributed by atoms with Gasteiger partial charge in [-0.2, -0.15) is 0 Å². The van der Waals surface area contributed by atoms with Gasteiger partial charge in [-0.05, 0) is 30.3 Å². The Balaban J connectivity index is 1.93. The van der Waals surface area contributed by atoms with Crippen LogP contribution < -0.4 is 20.7 Å². The fourth-order valence-electron chi connectivity index (χ4n) is 2.72. The smallest absolute Gasteiger partial charge is 0.326 e. The molecule has 0 radical (unpaired) electrons. The van der Waals surface area contributed by atoms with Crippen LogP contribution in [0.4, 0.5) is 0 Å². The van der Waals surface area contributed by atoms with Crippen molar-refractivity contribution in [2.24, 2.45) is 0 Å². The summed E-state index contributed by atoms with van der Waals surface area (Å²) in [4.78, 5) is 33.7. The number of nitrogens with one attached hydrogen (secondary N) is 2. The minimum atomic E-state index is -0.527. The molecular weight excluding hydrogens is 342 g/mol. The van der Waals surface area contributed by atoms with E-state index >= 15 is 0 Å². The van der Waals surface area contributed by atoms with Crippen molar-refractivity contribution in [2.75, 3.05) is 14.2 Å². The third-order valence-corrected chi connectivity index (χ3v) is 5.00. The zero-order valence-electron chi connectivity index (χ0n) is 13.4. The van der Waals surface area contributed by atoms with Gasteiger partial charge in [-0.3, -0.25) is 9.78 Å². The van der Waals surface area contributed by atoms with E-state index in [0.29, 0.717) is 26.5 Å². The molecule has 0 aliphatic heterocycles. The van der Waals surface area contributed by atoms with Crippen molar-refractivity contribution in [3.63, 3.8) is 0 Å². The van der Waals surface area contributed by atoms with E-state index < -0.39 is 11.2 Å². The molecule has 4 rings (SSSR count). The molecule has 0 amide bonds. The standard InChI is InChI=1S/C17H13N3O4S/c1-23-11-6-3-8(7-12(11)24-2)10-5-4-9-13-14(25-16(9)18-10)15(21)20-17(22)19-13/h3-7H,1-2H3,(H2,19,20,21,22). The Kier molecular flexibility index (Phi) is 3.54.